The lowest BCUT2D eigenvalue weighted by Gasteiger charge is -2.33. The van der Waals surface area contributed by atoms with E-state index >= 15 is 0 Å². The molecule has 0 unspecified atom stereocenters. The van der Waals surface area contributed by atoms with E-state index in [2.05, 4.69) is 21.2 Å². The number of hydrogen-bond donors (Lipinski definition) is 1. The third-order valence-corrected chi connectivity index (χ3v) is 8.76. The summed E-state index contributed by atoms with van der Waals surface area (Å²) in [6.45, 7) is 4.08. The van der Waals surface area contributed by atoms with Gasteiger partial charge in [-0.3, -0.25) is 9.59 Å². The van der Waals surface area contributed by atoms with Crippen molar-refractivity contribution in [3.8, 4) is 5.75 Å². The maximum atomic E-state index is 13.8. The third-order valence-electron chi connectivity index (χ3n) is 7.26. The van der Waals surface area contributed by atoms with Crippen molar-refractivity contribution in [1.29, 1.82) is 0 Å². The van der Waals surface area contributed by atoms with Gasteiger partial charge in [0.25, 0.3) is 5.91 Å². The Labute approximate surface area is 245 Å². The average molecular weight is 612 g/mol. The topological polar surface area (TPSA) is 58.6 Å². The van der Waals surface area contributed by atoms with Crippen molar-refractivity contribution in [2.24, 2.45) is 0 Å². The molecule has 3 aromatic carbocycles. The van der Waals surface area contributed by atoms with Crippen LogP contribution in [0.1, 0.15) is 54.4 Å². The van der Waals surface area contributed by atoms with Gasteiger partial charge in [-0.15, -0.1) is 0 Å². The molecule has 0 spiro atoms. The summed E-state index contributed by atoms with van der Waals surface area (Å²) < 4.78 is 7.01. The van der Waals surface area contributed by atoms with Crippen LogP contribution in [0.2, 0.25) is 5.02 Å². The Hall–Kier alpha value is -2.83. The maximum absolute atomic E-state index is 13.8. The summed E-state index contributed by atoms with van der Waals surface area (Å²) in [6.07, 6.45) is 5.78. The zero-order valence-corrected chi connectivity index (χ0v) is 24.9. The minimum absolute atomic E-state index is 0.122. The molecule has 1 fully saturated rings. The molecule has 7 heteroatoms. The van der Waals surface area contributed by atoms with E-state index in [1.54, 1.807) is 17.0 Å². The highest BCUT2D eigenvalue weighted by atomic mass is 79.9. The average Bonchev–Trinajstić information content (AvgIpc) is 2.94. The number of rotatable bonds is 10. The van der Waals surface area contributed by atoms with E-state index in [4.69, 9.17) is 16.3 Å². The number of nitrogens with zero attached hydrogens (tertiary/aromatic N) is 1. The van der Waals surface area contributed by atoms with Gasteiger partial charge in [-0.25, -0.2) is 0 Å². The molecule has 0 bridgehead atoms. The van der Waals surface area contributed by atoms with Crippen molar-refractivity contribution >= 4 is 39.3 Å². The third kappa shape index (κ3) is 8.33. The molecule has 1 aliphatic carbocycles. The highest BCUT2D eigenvalue weighted by Gasteiger charge is 2.32. The largest absolute Gasteiger partial charge is 0.484 e. The van der Waals surface area contributed by atoms with Crippen LogP contribution in [0.3, 0.4) is 0 Å². The summed E-state index contributed by atoms with van der Waals surface area (Å²) in [4.78, 5) is 29.3. The lowest BCUT2D eigenvalue weighted by molar-refractivity contribution is -0.143. The standard InChI is InChI=1S/C32H36BrClN2O3/c1-22-17-28(18-23(2)31(22)33)39-21-30(37)36(20-25-13-15-26(34)16-14-25)29(19-24-9-5-3-6-10-24)32(38)35-27-11-7-4-8-12-27/h3,5-6,9-10,13-18,27,29H,4,7-8,11-12,19-21H2,1-2H3,(H,35,38)/t29-/m0/s1. The second kappa shape index (κ2) is 14.0. The number of aryl methyl sites for hydroxylation is 2. The van der Waals surface area contributed by atoms with Gasteiger partial charge in [-0.2, -0.15) is 0 Å². The molecule has 0 heterocycles. The van der Waals surface area contributed by atoms with Gasteiger partial charge in [0.2, 0.25) is 5.91 Å². The molecule has 1 N–H and O–H groups in total. The Bertz CT molecular complexity index is 1240. The van der Waals surface area contributed by atoms with Crippen LogP contribution < -0.4 is 10.1 Å². The van der Waals surface area contributed by atoms with Crippen LogP contribution in [0, 0.1) is 13.8 Å². The SMILES string of the molecule is Cc1cc(OCC(=O)N(Cc2ccc(Cl)cc2)[C@@H](Cc2ccccc2)C(=O)NC2CCCCC2)cc(C)c1Br. The van der Waals surface area contributed by atoms with Gasteiger partial charge in [0.05, 0.1) is 0 Å². The van der Waals surface area contributed by atoms with Crippen LogP contribution in [0.5, 0.6) is 5.75 Å². The van der Waals surface area contributed by atoms with E-state index < -0.39 is 6.04 Å². The first kappa shape index (κ1) is 29.2. The fourth-order valence-electron chi connectivity index (χ4n) is 5.10. The van der Waals surface area contributed by atoms with Crippen LogP contribution in [0.25, 0.3) is 0 Å². The van der Waals surface area contributed by atoms with Crippen molar-refractivity contribution < 1.29 is 14.3 Å². The molecule has 4 rings (SSSR count). The second-order valence-corrected chi connectivity index (χ2v) is 11.6. The number of benzene rings is 3. The lowest BCUT2D eigenvalue weighted by Crippen LogP contribution is -2.53. The van der Waals surface area contributed by atoms with E-state index in [0.29, 0.717) is 17.2 Å². The molecule has 1 atom stereocenters. The predicted octanol–water partition coefficient (Wildman–Crippen LogP) is 7.19. The van der Waals surface area contributed by atoms with Gasteiger partial charge in [-0.05, 0) is 73.2 Å². The molecule has 1 saturated carbocycles. The predicted molar refractivity (Wildman–Crippen MR) is 160 cm³/mol. The summed E-state index contributed by atoms with van der Waals surface area (Å²) in [5.74, 6) is 0.255. The first-order chi connectivity index (χ1) is 18.8. The quantitative estimate of drug-likeness (QED) is 0.264. The summed E-state index contributed by atoms with van der Waals surface area (Å²) in [5, 5.41) is 3.89. The smallest absolute Gasteiger partial charge is 0.261 e. The molecule has 0 aliphatic heterocycles. The van der Waals surface area contributed by atoms with Gasteiger partial charge in [0.15, 0.2) is 6.61 Å². The number of halogens is 2. The second-order valence-electron chi connectivity index (χ2n) is 10.4. The Morgan fingerprint density at radius 1 is 0.974 bits per heavy atom. The van der Waals surface area contributed by atoms with Crippen molar-refractivity contribution in [3.05, 3.63) is 98.5 Å². The Balaban J connectivity index is 1.61. The van der Waals surface area contributed by atoms with Crippen molar-refractivity contribution in [3.63, 3.8) is 0 Å². The highest BCUT2D eigenvalue weighted by molar-refractivity contribution is 9.10. The summed E-state index contributed by atoms with van der Waals surface area (Å²) in [7, 11) is 0. The molecule has 0 aromatic heterocycles. The van der Waals surface area contributed by atoms with Crippen LogP contribution in [-0.4, -0.2) is 35.4 Å². The van der Waals surface area contributed by atoms with Gasteiger partial charge in [0.1, 0.15) is 11.8 Å². The van der Waals surface area contributed by atoms with E-state index in [1.165, 1.54) is 6.42 Å². The summed E-state index contributed by atoms with van der Waals surface area (Å²) in [6, 6.07) is 20.5. The minimum Gasteiger partial charge on any atom is -0.484 e. The van der Waals surface area contributed by atoms with E-state index in [-0.39, 0.29) is 31.0 Å². The van der Waals surface area contributed by atoms with Crippen molar-refractivity contribution in [2.75, 3.05) is 6.61 Å². The van der Waals surface area contributed by atoms with Crippen molar-refractivity contribution in [2.45, 2.75) is 71.0 Å². The van der Waals surface area contributed by atoms with E-state index in [9.17, 15) is 9.59 Å². The molecule has 0 radical (unpaired) electrons. The van der Waals surface area contributed by atoms with Gasteiger partial charge in [-0.1, -0.05) is 89.3 Å². The molecule has 206 valence electrons. The van der Waals surface area contributed by atoms with E-state index in [0.717, 1.165) is 52.4 Å². The lowest BCUT2D eigenvalue weighted by atomic mass is 9.94. The normalized spacial score (nSPS) is 14.5. The molecule has 5 nitrogen and oxygen atoms in total. The van der Waals surface area contributed by atoms with Gasteiger partial charge in [0, 0.05) is 28.5 Å². The van der Waals surface area contributed by atoms with E-state index in [1.807, 2.05) is 68.4 Å². The number of amides is 2. The molecule has 3 aromatic rings. The molecule has 0 saturated heterocycles. The Morgan fingerprint density at radius 3 is 2.26 bits per heavy atom. The van der Waals surface area contributed by atoms with Crippen LogP contribution in [0.4, 0.5) is 0 Å². The monoisotopic (exact) mass is 610 g/mol. The fourth-order valence-corrected chi connectivity index (χ4v) is 5.46. The first-order valence-corrected chi connectivity index (χ1v) is 14.7. The Kier molecular flexibility index (Phi) is 10.5. The zero-order chi connectivity index (χ0) is 27.8. The first-order valence-electron chi connectivity index (χ1n) is 13.6. The molecule has 39 heavy (non-hydrogen) atoms. The van der Waals surface area contributed by atoms with Gasteiger partial charge >= 0.3 is 0 Å². The molecule has 1 aliphatic rings. The summed E-state index contributed by atoms with van der Waals surface area (Å²) in [5.41, 5.74) is 3.95. The number of ether oxygens (including phenoxy) is 1. The number of hydrogen-bond acceptors (Lipinski definition) is 3. The number of carbonyl (C=O) groups is 2. The highest BCUT2D eigenvalue weighted by Crippen LogP contribution is 2.27. The number of nitrogens with one attached hydrogen (secondary N) is 1. The molecule has 2 amide bonds. The van der Waals surface area contributed by atoms with Crippen molar-refractivity contribution in [1.82, 2.24) is 10.2 Å². The fraction of sp³-hybridized carbons (Fsp3) is 0.375. The van der Waals surface area contributed by atoms with Crippen LogP contribution in [-0.2, 0) is 22.6 Å². The number of carbonyl (C=O) groups excluding carboxylic acids is 2. The van der Waals surface area contributed by atoms with Gasteiger partial charge < -0.3 is 15.0 Å². The molecular formula is C32H36BrClN2O3. The van der Waals surface area contributed by atoms with Crippen LogP contribution >= 0.6 is 27.5 Å². The minimum atomic E-state index is -0.686. The summed E-state index contributed by atoms with van der Waals surface area (Å²) >= 11 is 9.71. The maximum Gasteiger partial charge on any atom is 0.261 e. The zero-order valence-electron chi connectivity index (χ0n) is 22.6. The van der Waals surface area contributed by atoms with Crippen LogP contribution in [0.15, 0.2) is 71.2 Å². The Morgan fingerprint density at radius 2 is 1.62 bits per heavy atom. The molecular weight excluding hydrogens is 576 g/mol.